The first-order chi connectivity index (χ1) is 13.5. The number of methoxy groups -OCH3 is 2. The predicted octanol–water partition coefficient (Wildman–Crippen LogP) is 2.10. The van der Waals surface area contributed by atoms with Gasteiger partial charge in [0.15, 0.2) is 23.0 Å². The lowest BCUT2D eigenvalue weighted by molar-refractivity contribution is -0.123. The number of carbonyl (C=O) groups excluding carboxylic acids is 2. The minimum Gasteiger partial charge on any atom is -0.493 e. The van der Waals surface area contributed by atoms with Gasteiger partial charge in [-0.05, 0) is 29.8 Å². The molecule has 8 heteroatoms. The zero-order valence-electron chi connectivity index (χ0n) is 16.0. The third kappa shape index (κ3) is 4.28. The van der Waals surface area contributed by atoms with Crippen LogP contribution in [0.3, 0.4) is 0 Å². The lowest BCUT2D eigenvalue weighted by Gasteiger charge is -2.22. The Bertz CT molecular complexity index is 883. The molecule has 2 aromatic rings. The van der Waals surface area contributed by atoms with Gasteiger partial charge < -0.3 is 29.2 Å². The molecular formula is C20H22N2O6. The van der Waals surface area contributed by atoms with Gasteiger partial charge in [0.2, 0.25) is 18.6 Å². The van der Waals surface area contributed by atoms with Gasteiger partial charge in [-0.25, -0.2) is 0 Å². The summed E-state index contributed by atoms with van der Waals surface area (Å²) >= 11 is 0. The molecule has 1 heterocycles. The van der Waals surface area contributed by atoms with Crippen LogP contribution in [-0.4, -0.2) is 39.4 Å². The average molecular weight is 386 g/mol. The van der Waals surface area contributed by atoms with E-state index in [4.69, 9.17) is 18.9 Å². The number of hydrogen-bond acceptors (Lipinski definition) is 6. The van der Waals surface area contributed by atoms with Crippen LogP contribution >= 0.6 is 0 Å². The van der Waals surface area contributed by atoms with Gasteiger partial charge in [0.1, 0.15) is 6.54 Å². The van der Waals surface area contributed by atoms with Gasteiger partial charge in [-0.15, -0.1) is 0 Å². The molecule has 28 heavy (non-hydrogen) atoms. The van der Waals surface area contributed by atoms with E-state index in [9.17, 15) is 9.59 Å². The second kappa shape index (κ2) is 8.51. The molecule has 1 N–H and O–H groups in total. The Morgan fingerprint density at radius 2 is 1.79 bits per heavy atom. The van der Waals surface area contributed by atoms with Gasteiger partial charge in [-0.3, -0.25) is 9.59 Å². The molecule has 0 saturated heterocycles. The molecule has 2 amide bonds. The summed E-state index contributed by atoms with van der Waals surface area (Å²) in [5.74, 6) is 1.82. The Morgan fingerprint density at radius 3 is 2.50 bits per heavy atom. The Balaban J connectivity index is 1.65. The zero-order chi connectivity index (χ0) is 20.1. The van der Waals surface area contributed by atoms with Crippen LogP contribution in [0.1, 0.15) is 12.5 Å². The van der Waals surface area contributed by atoms with Crippen molar-refractivity contribution in [2.24, 2.45) is 0 Å². The molecule has 0 unspecified atom stereocenters. The lowest BCUT2D eigenvalue weighted by atomic mass is 10.2. The third-order valence-corrected chi connectivity index (χ3v) is 4.29. The van der Waals surface area contributed by atoms with Gasteiger partial charge in [0, 0.05) is 25.2 Å². The SMILES string of the molecule is COc1ccc(N(CC(=O)NCc2ccc3c(c2)OCO3)C(C)=O)cc1OC. The van der Waals surface area contributed by atoms with Gasteiger partial charge in [0.05, 0.1) is 14.2 Å². The maximum atomic E-state index is 12.4. The summed E-state index contributed by atoms with van der Waals surface area (Å²) in [6.07, 6.45) is 0. The van der Waals surface area contributed by atoms with Crippen LogP contribution in [0.5, 0.6) is 23.0 Å². The number of benzene rings is 2. The van der Waals surface area contributed by atoms with Crippen molar-refractivity contribution < 1.29 is 28.5 Å². The number of rotatable bonds is 7. The number of hydrogen-bond donors (Lipinski definition) is 1. The maximum absolute atomic E-state index is 12.4. The lowest BCUT2D eigenvalue weighted by Crippen LogP contribution is -2.39. The van der Waals surface area contributed by atoms with Crippen molar-refractivity contribution in [2.45, 2.75) is 13.5 Å². The summed E-state index contributed by atoms with van der Waals surface area (Å²) in [5, 5.41) is 2.81. The fraction of sp³-hybridized carbons (Fsp3) is 0.300. The number of anilines is 1. The molecule has 0 aliphatic carbocycles. The van der Waals surface area contributed by atoms with Gasteiger partial charge >= 0.3 is 0 Å². The average Bonchev–Trinajstić information content (AvgIpc) is 3.17. The molecule has 0 radical (unpaired) electrons. The van der Waals surface area contributed by atoms with Crippen molar-refractivity contribution in [3.05, 3.63) is 42.0 Å². The fourth-order valence-corrected chi connectivity index (χ4v) is 2.83. The monoisotopic (exact) mass is 386 g/mol. The van der Waals surface area contributed by atoms with Crippen molar-refractivity contribution in [2.75, 3.05) is 32.5 Å². The Labute approximate surface area is 162 Å². The highest BCUT2D eigenvalue weighted by Crippen LogP contribution is 2.33. The van der Waals surface area contributed by atoms with Crippen LogP contribution in [-0.2, 0) is 16.1 Å². The minimum absolute atomic E-state index is 0.116. The molecule has 0 fully saturated rings. The van der Waals surface area contributed by atoms with E-state index in [-0.39, 0.29) is 25.2 Å². The van der Waals surface area contributed by atoms with Crippen molar-refractivity contribution in [3.63, 3.8) is 0 Å². The van der Waals surface area contributed by atoms with Crippen molar-refractivity contribution in [3.8, 4) is 23.0 Å². The highest BCUT2D eigenvalue weighted by molar-refractivity contribution is 5.97. The maximum Gasteiger partial charge on any atom is 0.240 e. The second-order valence-corrected chi connectivity index (χ2v) is 6.11. The van der Waals surface area contributed by atoms with E-state index >= 15 is 0 Å². The first-order valence-electron chi connectivity index (χ1n) is 8.67. The zero-order valence-corrected chi connectivity index (χ0v) is 16.0. The largest absolute Gasteiger partial charge is 0.493 e. The van der Waals surface area contributed by atoms with E-state index in [1.54, 1.807) is 24.3 Å². The van der Waals surface area contributed by atoms with Crippen molar-refractivity contribution in [1.29, 1.82) is 0 Å². The summed E-state index contributed by atoms with van der Waals surface area (Å²) in [6.45, 7) is 1.80. The Kier molecular flexibility index (Phi) is 5.88. The molecule has 0 saturated carbocycles. The summed E-state index contributed by atoms with van der Waals surface area (Å²) in [5.41, 5.74) is 1.42. The molecule has 0 spiro atoms. The van der Waals surface area contributed by atoms with E-state index in [0.29, 0.717) is 35.2 Å². The predicted molar refractivity (Wildman–Crippen MR) is 102 cm³/mol. The minimum atomic E-state index is -0.289. The Morgan fingerprint density at radius 1 is 1.04 bits per heavy atom. The number of fused-ring (bicyclic) bond motifs is 1. The molecule has 148 valence electrons. The van der Waals surface area contributed by atoms with Crippen molar-refractivity contribution >= 4 is 17.5 Å². The number of nitrogens with zero attached hydrogens (tertiary/aromatic N) is 1. The van der Waals surface area contributed by atoms with Gasteiger partial charge in [0.25, 0.3) is 0 Å². The molecule has 0 atom stereocenters. The third-order valence-electron chi connectivity index (χ3n) is 4.29. The van der Waals surface area contributed by atoms with E-state index in [1.165, 1.54) is 26.0 Å². The van der Waals surface area contributed by atoms with Crippen LogP contribution in [0.4, 0.5) is 5.69 Å². The van der Waals surface area contributed by atoms with Crippen LogP contribution in [0.15, 0.2) is 36.4 Å². The summed E-state index contributed by atoms with van der Waals surface area (Å²) < 4.78 is 21.1. The normalized spacial score (nSPS) is 11.7. The summed E-state index contributed by atoms with van der Waals surface area (Å²) in [6, 6.07) is 10.5. The smallest absolute Gasteiger partial charge is 0.240 e. The summed E-state index contributed by atoms with van der Waals surface area (Å²) in [7, 11) is 3.04. The number of ether oxygens (including phenoxy) is 4. The number of carbonyl (C=O) groups is 2. The standard InChI is InChI=1S/C20H22N2O6/c1-13(23)22(15-5-7-16(25-2)18(9-15)26-3)11-20(24)21-10-14-4-6-17-19(8-14)28-12-27-17/h4-9H,10-12H2,1-3H3,(H,21,24). The Hall–Kier alpha value is -3.42. The topological polar surface area (TPSA) is 86.3 Å². The van der Waals surface area contributed by atoms with E-state index in [1.807, 2.05) is 12.1 Å². The quantitative estimate of drug-likeness (QED) is 0.784. The number of nitrogens with one attached hydrogen (secondary N) is 1. The highest BCUT2D eigenvalue weighted by Gasteiger charge is 2.18. The van der Waals surface area contributed by atoms with Crippen LogP contribution in [0.2, 0.25) is 0 Å². The molecular weight excluding hydrogens is 364 g/mol. The van der Waals surface area contributed by atoms with Gasteiger partial charge in [-0.1, -0.05) is 6.07 Å². The molecule has 8 nitrogen and oxygen atoms in total. The van der Waals surface area contributed by atoms with Crippen LogP contribution < -0.4 is 29.2 Å². The number of amides is 2. The first kappa shape index (κ1) is 19.3. The van der Waals surface area contributed by atoms with Crippen LogP contribution in [0.25, 0.3) is 0 Å². The van der Waals surface area contributed by atoms with Crippen molar-refractivity contribution in [1.82, 2.24) is 5.32 Å². The first-order valence-corrected chi connectivity index (χ1v) is 8.67. The molecule has 3 rings (SSSR count). The molecule has 2 aromatic carbocycles. The molecule has 0 bridgehead atoms. The van der Waals surface area contributed by atoms with E-state index in [0.717, 1.165) is 5.56 Å². The summed E-state index contributed by atoms with van der Waals surface area (Å²) in [4.78, 5) is 25.9. The molecule has 1 aliphatic heterocycles. The van der Waals surface area contributed by atoms with Gasteiger partial charge in [-0.2, -0.15) is 0 Å². The molecule has 0 aromatic heterocycles. The highest BCUT2D eigenvalue weighted by atomic mass is 16.7. The van der Waals surface area contributed by atoms with Crippen LogP contribution in [0, 0.1) is 0 Å². The second-order valence-electron chi connectivity index (χ2n) is 6.11. The van der Waals surface area contributed by atoms with E-state index < -0.39 is 0 Å². The fourth-order valence-electron chi connectivity index (χ4n) is 2.83. The molecule has 1 aliphatic rings. The van der Waals surface area contributed by atoms with E-state index in [2.05, 4.69) is 5.32 Å².